The van der Waals surface area contributed by atoms with Gasteiger partial charge in [0.15, 0.2) is 0 Å². The lowest BCUT2D eigenvalue weighted by Gasteiger charge is -2.59. The molecule has 12 heteroatoms. The Morgan fingerprint density at radius 1 is 0.896 bits per heavy atom. The van der Waals surface area contributed by atoms with Crippen LogP contribution >= 0.6 is 11.6 Å². The van der Waals surface area contributed by atoms with Crippen molar-refractivity contribution in [1.82, 2.24) is 4.90 Å². The molecule has 10 nitrogen and oxygen atoms in total. The number of hydrogen-bond acceptors (Lipinski definition) is 9. The van der Waals surface area contributed by atoms with E-state index in [-0.39, 0.29) is 82.1 Å². The fraction of sp³-hybridized carbons (Fsp3) is 0.382. The van der Waals surface area contributed by atoms with Crippen molar-refractivity contribution in [2.24, 2.45) is 22.9 Å². The average Bonchev–Trinajstić information content (AvgIpc) is 3.35. The van der Waals surface area contributed by atoms with Crippen LogP contribution in [-0.2, 0) is 34.1 Å². The Balaban J connectivity index is 1.34. The highest BCUT2D eigenvalue weighted by Gasteiger charge is 2.65. The van der Waals surface area contributed by atoms with Crippen LogP contribution in [-0.4, -0.2) is 71.1 Å². The van der Waals surface area contributed by atoms with Crippen LogP contribution in [0, 0.1) is 23.6 Å². The number of fused-ring (bicyclic) bond motifs is 3. The predicted molar refractivity (Wildman–Crippen MR) is 258 cm³/mol. The molecule has 0 bridgehead atoms. The standard InChI is InChI=1S/C55H60ClFN2O8/c1-2-30-65-55-51(59(54(62)63-31-27-56)35-41-21-14-20-39-17-6-8-22-44(39)41)34-49(58-66-36-38-15-4-3-5-16-38)46-32-40(18-10-12-28-60)45(23-11-13-29-61)52(53(46)55)47-33-43(25-26-50(47)67-55)64-37-42-19-7-9-24-48(42)57/h2-9,14-17,19-22,24-26,32-33,40,45,51-53,60-61H,1,10-13,18,23,27-31,34-37H2/t40-,45+,51-,52+,53+,55+/m0/s1. The SMILES string of the molecule is C=CCO[C@@]12Oc3ccc(OCc4ccccc4F)cc3[C@H]3[C@H](CCCCO)[C@@H](CCCCO)C=C(C(=NOCc4ccccc4)C[C@@H]1N(Cc1cccc4ccccc14)C(=O)OCCCl)[C@H]32. The van der Waals surface area contributed by atoms with Crippen molar-refractivity contribution >= 4 is 34.2 Å². The summed E-state index contributed by atoms with van der Waals surface area (Å²) < 4.78 is 41.8. The maximum atomic E-state index is 14.9. The van der Waals surface area contributed by atoms with Crippen molar-refractivity contribution in [2.75, 3.05) is 32.3 Å². The zero-order valence-electron chi connectivity index (χ0n) is 37.8. The second-order valence-electron chi connectivity index (χ2n) is 17.5. The smallest absolute Gasteiger partial charge is 0.410 e. The lowest BCUT2D eigenvalue weighted by molar-refractivity contribution is -0.256. The molecule has 0 spiro atoms. The highest BCUT2D eigenvalue weighted by atomic mass is 35.5. The number of halogens is 2. The van der Waals surface area contributed by atoms with E-state index in [0.29, 0.717) is 35.6 Å². The highest BCUT2D eigenvalue weighted by molar-refractivity contribution is 6.18. The minimum absolute atomic E-state index is 0.0141. The van der Waals surface area contributed by atoms with Crippen LogP contribution in [0.15, 0.2) is 145 Å². The fourth-order valence-electron chi connectivity index (χ4n) is 10.4. The van der Waals surface area contributed by atoms with Crippen LogP contribution in [0.3, 0.4) is 0 Å². The number of aliphatic hydroxyl groups is 2. The molecule has 0 radical (unpaired) electrons. The molecule has 5 aromatic carbocycles. The third-order valence-electron chi connectivity index (χ3n) is 13.4. The molecule has 1 fully saturated rings. The van der Waals surface area contributed by atoms with Crippen molar-refractivity contribution in [3.05, 3.63) is 168 Å². The van der Waals surface area contributed by atoms with E-state index in [1.165, 1.54) is 6.07 Å². The van der Waals surface area contributed by atoms with E-state index < -0.39 is 23.8 Å². The third kappa shape index (κ3) is 10.7. The Hall–Kier alpha value is -5.72. The molecular weight excluding hydrogens is 871 g/mol. The van der Waals surface area contributed by atoms with Crippen LogP contribution in [0.2, 0.25) is 0 Å². The van der Waals surface area contributed by atoms with Gasteiger partial charge in [0.2, 0.25) is 5.79 Å². The molecule has 352 valence electrons. The largest absolute Gasteiger partial charge is 0.489 e. The van der Waals surface area contributed by atoms with Crippen LogP contribution in [0.1, 0.15) is 73.1 Å². The number of amides is 1. The van der Waals surface area contributed by atoms with Gasteiger partial charge in [-0.3, -0.25) is 4.90 Å². The van der Waals surface area contributed by atoms with E-state index in [0.717, 1.165) is 58.7 Å². The highest BCUT2D eigenvalue weighted by Crippen LogP contribution is 2.62. The zero-order valence-corrected chi connectivity index (χ0v) is 38.6. The summed E-state index contributed by atoms with van der Waals surface area (Å²) in [6, 6.07) is 35.4. The molecule has 1 heterocycles. The minimum atomic E-state index is -1.53. The Bertz CT molecular complexity index is 2510. The number of unbranched alkanes of at least 4 members (excludes halogenated alkanes) is 2. The molecule has 2 aliphatic carbocycles. The summed E-state index contributed by atoms with van der Waals surface area (Å²) in [7, 11) is 0. The molecule has 5 aromatic rings. The normalized spacial score (nSPS) is 22.2. The molecule has 67 heavy (non-hydrogen) atoms. The van der Waals surface area contributed by atoms with E-state index in [1.54, 1.807) is 29.2 Å². The van der Waals surface area contributed by atoms with Gasteiger partial charge >= 0.3 is 6.09 Å². The molecule has 0 unspecified atom stereocenters. The molecular formula is C55H60ClFN2O8. The second kappa shape index (κ2) is 22.9. The molecule has 3 aliphatic rings. The fourth-order valence-corrected chi connectivity index (χ4v) is 10.5. The number of oxime groups is 1. The summed E-state index contributed by atoms with van der Waals surface area (Å²) in [5.74, 6) is -1.53. The summed E-state index contributed by atoms with van der Waals surface area (Å²) in [5.41, 5.74) is 4.72. The van der Waals surface area contributed by atoms with Gasteiger partial charge in [-0.15, -0.1) is 18.2 Å². The summed E-state index contributed by atoms with van der Waals surface area (Å²) in [6.07, 6.45) is 7.95. The van der Waals surface area contributed by atoms with Gasteiger partial charge in [0, 0.05) is 36.7 Å². The number of alkyl halides is 1. The lowest BCUT2D eigenvalue weighted by atomic mass is 9.55. The molecule has 8 rings (SSSR count). The van der Waals surface area contributed by atoms with Gasteiger partial charge in [0.25, 0.3) is 0 Å². The average molecular weight is 932 g/mol. The first-order valence-electron chi connectivity index (χ1n) is 23.5. The number of aliphatic hydroxyl groups excluding tert-OH is 2. The van der Waals surface area contributed by atoms with Crippen LogP contribution in [0.25, 0.3) is 10.8 Å². The number of benzene rings is 5. The number of rotatable bonds is 22. The second-order valence-corrected chi connectivity index (χ2v) is 17.9. The van der Waals surface area contributed by atoms with Crippen LogP contribution < -0.4 is 9.47 Å². The minimum Gasteiger partial charge on any atom is -0.489 e. The van der Waals surface area contributed by atoms with Crippen molar-refractivity contribution in [1.29, 1.82) is 0 Å². The van der Waals surface area contributed by atoms with Crippen LogP contribution in [0.5, 0.6) is 11.5 Å². The van der Waals surface area contributed by atoms with E-state index in [4.69, 9.17) is 40.5 Å². The summed E-state index contributed by atoms with van der Waals surface area (Å²) in [6.45, 7) is 4.66. The Morgan fingerprint density at radius 3 is 2.43 bits per heavy atom. The topological polar surface area (TPSA) is 119 Å². The van der Waals surface area contributed by atoms with Gasteiger partial charge < -0.3 is 34.0 Å². The molecule has 0 saturated heterocycles. The van der Waals surface area contributed by atoms with Crippen molar-refractivity contribution in [2.45, 2.75) is 82.5 Å². The Morgan fingerprint density at radius 2 is 1.64 bits per heavy atom. The molecule has 6 atom stereocenters. The first kappa shape index (κ1) is 47.8. The number of carbonyl (C=O) groups excluding carboxylic acids is 1. The first-order chi connectivity index (χ1) is 32.9. The van der Waals surface area contributed by atoms with Gasteiger partial charge in [-0.2, -0.15) is 0 Å². The van der Waals surface area contributed by atoms with Crippen molar-refractivity contribution in [3.8, 4) is 11.5 Å². The lowest BCUT2D eigenvalue weighted by Crippen LogP contribution is -2.70. The van der Waals surface area contributed by atoms with Gasteiger partial charge in [-0.05, 0) is 89.3 Å². The van der Waals surface area contributed by atoms with E-state index in [2.05, 4.69) is 12.7 Å². The predicted octanol–water partition coefficient (Wildman–Crippen LogP) is 11.3. The van der Waals surface area contributed by atoms with Crippen LogP contribution in [0.4, 0.5) is 9.18 Å². The molecule has 1 aliphatic heterocycles. The van der Waals surface area contributed by atoms with E-state index in [1.807, 2.05) is 91.0 Å². The van der Waals surface area contributed by atoms with E-state index >= 15 is 0 Å². The van der Waals surface area contributed by atoms with Gasteiger partial charge in [-0.25, -0.2) is 9.18 Å². The number of ether oxygens (including phenoxy) is 4. The summed E-state index contributed by atoms with van der Waals surface area (Å²) >= 11 is 6.18. The monoisotopic (exact) mass is 930 g/mol. The van der Waals surface area contributed by atoms with E-state index in [9.17, 15) is 19.4 Å². The van der Waals surface area contributed by atoms with Gasteiger partial charge in [0.05, 0.1) is 30.7 Å². The number of hydrogen-bond donors (Lipinski definition) is 2. The molecule has 0 aromatic heterocycles. The number of allylic oxidation sites excluding steroid dienone is 1. The van der Waals surface area contributed by atoms with Crippen molar-refractivity contribution in [3.63, 3.8) is 0 Å². The van der Waals surface area contributed by atoms with Gasteiger partial charge in [0.1, 0.15) is 43.2 Å². The van der Waals surface area contributed by atoms with Gasteiger partial charge in [-0.1, -0.05) is 121 Å². The molecule has 1 saturated carbocycles. The Kier molecular flexibility index (Phi) is 16.3. The maximum Gasteiger partial charge on any atom is 0.410 e. The Labute approximate surface area is 397 Å². The quantitative estimate of drug-likeness (QED) is 0.0305. The number of nitrogens with zero attached hydrogens (tertiary/aromatic N) is 2. The van der Waals surface area contributed by atoms with Crippen molar-refractivity contribution < 1.29 is 43.2 Å². The third-order valence-corrected chi connectivity index (χ3v) is 13.5. The maximum absolute atomic E-state index is 14.9. The summed E-state index contributed by atoms with van der Waals surface area (Å²) in [5, 5.41) is 27.0. The zero-order chi connectivity index (χ0) is 46.6. The first-order valence-corrected chi connectivity index (χ1v) is 24.0. The number of carbonyl (C=O) groups is 1. The molecule has 2 N–H and O–H groups in total. The molecule has 1 amide bonds. The summed E-state index contributed by atoms with van der Waals surface area (Å²) in [4.78, 5) is 22.8.